The van der Waals surface area contributed by atoms with E-state index in [2.05, 4.69) is 34.6 Å². The SMILES string of the molecule is CCCCC(CC)COC(C)(C)CCOC(C)C1CCCCO1. The number of hydrogen-bond acceptors (Lipinski definition) is 3. The van der Waals surface area contributed by atoms with E-state index in [0.717, 1.165) is 32.7 Å². The standard InChI is InChI=1S/C20H40O3/c1-6-8-11-18(7-2)16-23-20(4,5)13-15-21-17(3)19-12-9-10-14-22-19/h17-19H,6-16H2,1-5H3. The summed E-state index contributed by atoms with van der Waals surface area (Å²) in [5.74, 6) is 0.699. The van der Waals surface area contributed by atoms with Gasteiger partial charge >= 0.3 is 0 Å². The molecule has 3 heteroatoms. The van der Waals surface area contributed by atoms with E-state index in [1.165, 1.54) is 38.5 Å². The molecule has 0 aliphatic carbocycles. The van der Waals surface area contributed by atoms with Crippen LogP contribution in [0.1, 0.15) is 86.0 Å². The largest absolute Gasteiger partial charge is 0.376 e. The van der Waals surface area contributed by atoms with Gasteiger partial charge in [-0.15, -0.1) is 0 Å². The third-order valence-corrected chi connectivity index (χ3v) is 5.08. The van der Waals surface area contributed by atoms with Crippen molar-refractivity contribution in [2.45, 2.75) is 104 Å². The van der Waals surface area contributed by atoms with E-state index in [1.807, 2.05) is 0 Å². The Hall–Kier alpha value is -0.120. The van der Waals surface area contributed by atoms with Crippen molar-refractivity contribution in [1.82, 2.24) is 0 Å². The minimum atomic E-state index is -0.104. The number of unbranched alkanes of at least 4 members (excludes halogenated alkanes) is 1. The molecule has 1 heterocycles. The fourth-order valence-electron chi connectivity index (χ4n) is 3.05. The maximum atomic E-state index is 6.20. The van der Waals surface area contributed by atoms with Gasteiger partial charge in [-0.3, -0.25) is 0 Å². The molecule has 0 radical (unpaired) electrons. The zero-order valence-corrected chi connectivity index (χ0v) is 16.2. The Morgan fingerprint density at radius 1 is 1.22 bits per heavy atom. The van der Waals surface area contributed by atoms with E-state index in [1.54, 1.807) is 0 Å². The van der Waals surface area contributed by atoms with Crippen molar-refractivity contribution >= 4 is 0 Å². The average molecular weight is 329 g/mol. The lowest BCUT2D eigenvalue weighted by atomic mass is 9.99. The van der Waals surface area contributed by atoms with Gasteiger partial charge in [-0.25, -0.2) is 0 Å². The van der Waals surface area contributed by atoms with Crippen molar-refractivity contribution in [1.29, 1.82) is 0 Å². The van der Waals surface area contributed by atoms with Crippen LogP contribution in [0.4, 0.5) is 0 Å². The van der Waals surface area contributed by atoms with Crippen LogP contribution in [0.2, 0.25) is 0 Å². The van der Waals surface area contributed by atoms with Gasteiger partial charge in [-0.1, -0.05) is 33.1 Å². The first-order valence-electron chi connectivity index (χ1n) is 9.85. The van der Waals surface area contributed by atoms with Gasteiger partial charge in [0, 0.05) is 13.2 Å². The van der Waals surface area contributed by atoms with Crippen molar-refractivity contribution in [3.05, 3.63) is 0 Å². The molecule has 3 atom stereocenters. The number of ether oxygens (including phenoxy) is 3. The molecule has 1 saturated heterocycles. The minimum Gasteiger partial charge on any atom is -0.376 e. The average Bonchev–Trinajstić information content (AvgIpc) is 2.55. The van der Waals surface area contributed by atoms with Crippen LogP contribution in [0.15, 0.2) is 0 Å². The van der Waals surface area contributed by atoms with Crippen LogP contribution < -0.4 is 0 Å². The highest BCUT2D eigenvalue weighted by atomic mass is 16.5. The lowest BCUT2D eigenvalue weighted by molar-refractivity contribution is -0.103. The van der Waals surface area contributed by atoms with E-state index >= 15 is 0 Å². The van der Waals surface area contributed by atoms with Gasteiger partial charge in [0.15, 0.2) is 0 Å². The van der Waals surface area contributed by atoms with E-state index in [-0.39, 0.29) is 17.8 Å². The van der Waals surface area contributed by atoms with Crippen molar-refractivity contribution in [3.63, 3.8) is 0 Å². The summed E-state index contributed by atoms with van der Waals surface area (Å²) in [6.07, 6.45) is 10.1. The summed E-state index contributed by atoms with van der Waals surface area (Å²) in [6, 6.07) is 0. The van der Waals surface area contributed by atoms with Crippen LogP contribution in [0.3, 0.4) is 0 Å². The lowest BCUT2D eigenvalue weighted by Gasteiger charge is -2.31. The van der Waals surface area contributed by atoms with Crippen LogP contribution in [0.5, 0.6) is 0 Å². The minimum absolute atomic E-state index is 0.104. The molecule has 23 heavy (non-hydrogen) atoms. The zero-order valence-electron chi connectivity index (χ0n) is 16.2. The predicted octanol–water partition coefficient (Wildman–Crippen LogP) is 5.36. The molecule has 0 saturated carbocycles. The summed E-state index contributed by atoms with van der Waals surface area (Å²) in [7, 11) is 0. The van der Waals surface area contributed by atoms with Gasteiger partial charge in [-0.2, -0.15) is 0 Å². The summed E-state index contributed by atoms with van der Waals surface area (Å²) in [5.41, 5.74) is -0.104. The molecule has 1 aliphatic rings. The van der Waals surface area contributed by atoms with Crippen molar-refractivity contribution < 1.29 is 14.2 Å². The Bertz CT molecular complexity index is 285. The second kappa shape index (κ2) is 11.4. The molecule has 0 aromatic heterocycles. The van der Waals surface area contributed by atoms with E-state index in [0.29, 0.717) is 5.92 Å². The second-order valence-electron chi connectivity index (χ2n) is 7.72. The molecule has 0 amide bonds. The third kappa shape index (κ3) is 9.07. The molecule has 0 N–H and O–H groups in total. The van der Waals surface area contributed by atoms with Gasteiger partial charge in [0.05, 0.1) is 24.4 Å². The summed E-state index contributed by atoms with van der Waals surface area (Å²) < 4.78 is 18.0. The monoisotopic (exact) mass is 328 g/mol. The Labute approximate surface area is 144 Å². The zero-order chi connectivity index (χ0) is 17.1. The van der Waals surface area contributed by atoms with Crippen LogP contribution in [0, 0.1) is 5.92 Å². The summed E-state index contributed by atoms with van der Waals surface area (Å²) in [4.78, 5) is 0. The van der Waals surface area contributed by atoms with Gasteiger partial charge in [0.1, 0.15) is 0 Å². The van der Waals surface area contributed by atoms with Crippen molar-refractivity contribution in [2.75, 3.05) is 19.8 Å². The predicted molar refractivity (Wildman–Crippen MR) is 97.0 cm³/mol. The second-order valence-corrected chi connectivity index (χ2v) is 7.72. The quantitative estimate of drug-likeness (QED) is 0.482. The molecule has 3 nitrogen and oxygen atoms in total. The maximum Gasteiger partial charge on any atom is 0.0833 e. The first-order chi connectivity index (χ1) is 11.0. The van der Waals surface area contributed by atoms with Crippen molar-refractivity contribution in [3.8, 4) is 0 Å². The third-order valence-electron chi connectivity index (χ3n) is 5.08. The topological polar surface area (TPSA) is 27.7 Å². The van der Waals surface area contributed by atoms with Gasteiger partial charge in [-0.05, 0) is 58.8 Å². The van der Waals surface area contributed by atoms with E-state index < -0.39 is 0 Å². The van der Waals surface area contributed by atoms with Crippen molar-refractivity contribution in [2.24, 2.45) is 5.92 Å². The molecule has 1 fully saturated rings. The lowest BCUT2D eigenvalue weighted by Crippen LogP contribution is -2.34. The maximum absolute atomic E-state index is 6.20. The normalized spacial score (nSPS) is 22.0. The molecule has 0 bridgehead atoms. The Kier molecular flexibility index (Phi) is 10.4. The van der Waals surface area contributed by atoms with Crippen LogP contribution in [-0.4, -0.2) is 37.6 Å². The highest BCUT2D eigenvalue weighted by Gasteiger charge is 2.24. The molecule has 1 aliphatic heterocycles. The Balaban J connectivity index is 2.20. The van der Waals surface area contributed by atoms with E-state index in [9.17, 15) is 0 Å². The van der Waals surface area contributed by atoms with Crippen LogP contribution in [0.25, 0.3) is 0 Å². The highest BCUT2D eigenvalue weighted by molar-refractivity contribution is 4.73. The molecule has 1 rings (SSSR count). The molecule has 0 spiro atoms. The molecule has 0 aromatic carbocycles. The van der Waals surface area contributed by atoms with E-state index in [4.69, 9.17) is 14.2 Å². The number of rotatable bonds is 12. The van der Waals surface area contributed by atoms with Gasteiger partial charge in [0.25, 0.3) is 0 Å². The van der Waals surface area contributed by atoms with Crippen LogP contribution >= 0.6 is 0 Å². The fraction of sp³-hybridized carbons (Fsp3) is 1.00. The smallest absolute Gasteiger partial charge is 0.0833 e. The van der Waals surface area contributed by atoms with Gasteiger partial charge < -0.3 is 14.2 Å². The highest BCUT2D eigenvalue weighted by Crippen LogP contribution is 2.22. The summed E-state index contributed by atoms with van der Waals surface area (Å²) >= 11 is 0. The first kappa shape index (κ1) is 20.9. The first-order valence-corrected chi connectivity index (χ1v) is 9.85. The van der Waals surface area contributed by atoms with Crippen LogP contribution in [-0.2, 0) is 14.2 Å². The Morgan fingerprint density at radius 3 is 2.61 bits per heavy atom. The molecular weight excluding hydrogens is 288 g/mol. The molecule has 0 aromatic rings. The molecular formula is C20H40O3. The van der Waals surface area contributed by atoms with Gasteiger partial charge in [0.2, 0.25) is 0 Å². The summed E-state index contributed by atoms with van der Waals surface area (Å²) in [6.45, 7) is 13.6. The molecule has 3 unspecified atom stereocenters. The molecule has 138 valence electrons. The number of hydrogen-bond donors (Lipinski definition) is 0. The fourth-order valence-corrected chi connectivity index (χ4v) is 3.05. The Morgan fingerprint density at radius 2 is 2.00 bits per heavy atom. The summed E-state index contributed by atoms with van der Waals surface area (Å²) in [5, 5.41) is 0.